The van der Waals surface area contributed by atoms with Crippen molar-refractivity contribution in [3.05, 3.63) is 12.1 Å². The second-order valence-electron chi connectivity index (χ2n) is 3.80. The van der Waals surface area contributed by atoms with E-state index in [-0.39, 0.29) is 0 Å². The van der Waals surface area contributed by atoms with Crippen molar-refractivity contribution in [2.45, 2.75) is 58.3 Å². The molecule has 1 rings (SSSR count). The normalized spacial score (nSPS) is 17.4. The van der Waals surface area contributed by atoms with Gasteiger partial charge in [-0.1, -0.05) is 76.5 Å². The standard InChI is InChI=1S/C10H20.C2H3Cl/c1-2-3-7-10-8-5-4-6-9-10;1-2-3/h10H,2-9H2,1H3;2H,1H2. The molecular formula is C12H23Cl. The maximum absolute atomic E-state index is 4.76. The van der Waals surface area contributed by atoms with Gasteiger partial charge in [-0.15, -0.1) is 0 Å². The molecule has 0 amide bonds. The zero-order chi connectivity index (χ0) is 9.94. The fraction of sp³-hybridized carbons (Fsp3) is 0.833. The molecule has 0 radical (unpaired) electrons. The zero-order valence-corrected chi connectivity index (χ0v) is 9.65. The molecule has 0 N–H and O–H groups in total. The molecule has 78 valence electrons. The third-order valence-electron chi connectivity index (χ3n) is 2.69. The predicted octanol–water partition coefficient (Wildman–Crippen LogP) is 5.13. The van der Waals surface area contributed by atoms with Gasteiger partial charge >= 0.3 is 0 Å². The summed E-state index contributed by atoms with van der Waals surface area (Å²) in [4.78, 5) is 0. The van der Waals surface area contributed by atoms with E-state index >= 15 is 0 Å². The van der Waals surface area contributed by atoms with Gasteiger partial charge in [0.15, 0.2) is 0 Å². The van der Waals surface area contributed by atoms with Crippen LogP contribution in [0, 0.1) is 5.92 Å². The highest BCUT2D eigenvalue weighted by Gasteiger charge is 2.11. The van der Waals surface area contributed by atoms with E-state index in [2.05, 4.69) is 13.5 Å². The first kappa shape index (κ1) is 13.0. The summed E-state index contributed by atoms with van der Waals surface area (Å²) in [5.41, 5.74) is 1.22. The van der Waals surface area contributed by atoms with Crippen molar-refractivity contribution in [3.63, 3.8) is 0 Å². The highest BCUT2D eigenvalue weighted by Crippen LogP contribution is 2.27. The summed E-state index contributed by atoms with van der Waals surface area (Å²) >= 11 is 4.76. The predicted molar refractivity (Wildman–Crippen MR) is 62.2 cm³/mol. The summed E-state index contributed by atoms with van der Waals surface area (Å²) in [5.74, 6) is 1.11. The summed E-state index contributed by atoms with van der Waals surface area (Å²) in [7, 11) is 0. The van der Waals surface area contributed by atoms with Gasteiger partial charge in [0.05, 0.1) is 0 Å². The average Bonchev–Trinajstić information content (AvgIpc) is 2.18. The first-order valence-electron chi connectivity index (χ1n) is 5.56. The van der Waals surface area contributed by atoms with E-state index in [1.165, 1.54) is 56.9 Å². The monoisotopic (exact) mass is 202 g/mol. The van der Waals surface area contributed by atoms with Crippen molar-refractivity contribution in [1.29, 1.82) is 0 Å². The fourth-order valence-corrected chi connectivity index (χ4v) is 1.97. The van der Waals surface area contributed by atoms with Gasteiger partial charge in [-0.2, -0.15) is 0 Å². The van der Waals surface area contributed by atoms with Gasteiger partial charge in [0, 0.05) is 0 Å². The molecule has 13 heavy (non-hydrogen) atoms. The summed E-state index contributed by atoms with van der Waals surface area (Å²) in [5, 5.41) is 0. The van der Waals surface area contributed by atoms with Gasteiger partial charge in [-0.3, -0.25) is 0 Å². The fourth-order valence-electron chi connectivity index (χ4n) is 1.97. The molecular weight excluding hydrogens is 180 g/mol. The molecule has 0 aromatic carbocycles. The minimum Gasteiger partial charge on any atom is -0.0936 e. The second kappa shape index (κ2) is 10.1. The van der Waals surface area contributed by atoms with Crippen LogP contribution in [0.1, 0.15) is 58.3 Å². The molecule has 1 fully saturated rings. The Morgan fingerprint density at radius 2 is 1.85 bits per heavy atom. The van der Waals surface area contributed by atoms with Gasteiger partial charge in [-0.05, 0) is 11.5 Å². The van der Waals surface area contributed by atoms with Crippen molar-refractivity contribution >= 4 is 11.6 Å². The molecule has 1 saturated carbocycles. The van der Waals surface area contributed by atoms with Crippen LogP contribution in [-0.2, 0) is 0 Å². The third-order valence-corrected chi connectivity index (χ3v) is 2.69. The SMILES string of the molecule is C=CCl.CCCCC1CCCCC1. The Hall–Kier alpha value is 0.0300. The summed E-state index contributed by atoms with van der Waals surface area (Å²) in [6.45, 7) is 5.42. The molecule has 0 aromatic rings. The van der Waals surface area contributed by atoms with E-state index in [4.69, 9.17) is 11.6 Å². The van der Waals surface area contributed by atoms with Crippen molar-refractivity contribution in [2.75, 3.05) is 0 Å². The van der Waals surface area contributed by atoms with Crippen molar-refractivity contribution in [1.82, 2.24) is 0 Å². The van der Waals surface area contributed by atoms with Gasteiger partial charge in [0.2, 0.25) is 0 Å². The van der Waals surface area contributed by atoms with Gasteiger partial charge in [-0.25, -0.2) is 0 Å². The molecule has 0 saturated heterocycles. The minimum absolute atomic E-state index is 1.11. The lowest BCUT2D eigenvalue weighted by Gasteiger charge is -2.20. The zero-order valence-electron chi connectivity index (χ0n) is 8.90. The largest absolute Gasteiger partial charge is 0.0936 e. The molecule has 0 unspecified atom stereocenters. The first-order valence-corrected chi connectivity index (χ1v) is 5.99. The van der Waals surface area contributed by atoms with Crippen LogP contribution in [0.4, 0.5) is 0 Å². The van der Waals surface area contributed by atoms with Crippen LogP contribution in [0.25, 0.3) is 0 Å². The number of unbranched alkanes of at least 4 members (excludes halogenated alkanes) is 1. The Bertz CT molecular complexity index is 104. The van der Waals surface area contributed by atoms with Crippen molar-refractivity contribution < 1.29 is 0 Å². The first-order chi connectivity index (χ1) is 6.35. The van der Waals surface area contributed by atoms with Crippen LogP contribution in [0.3, 0.4) is 0 Å². The van der Waals surface area contributed by atoms with E-state index in [1.807, 2.05) is 0 Å². The molecule has 0 aromatic heterocycles. The number of hydrogen-bond donors (Lipinski definition) is 0. The van der Waals surface area contributed by atoms with Crippen molar-refractivity contribution in [2.24, 2.45) is 5.92 Å². The third kappa shape index (κ3) is 8.36. The van der Waals surface area contributed by atoms with Gasteiger partial charge in [0.1, 0.15) is 0 Å². The Morgan fingerprint density at radius 3 is 2.31 bits per heavy atom. The molecule has 0 heterocycles. The van der Waals surface area contributed by atoms with Crippen LogP contribution in [-0.4, -0.2) is 0 Å². The molecule has 0 aliphatic heterocycles. The van der Waals surface area contributed by atoms with E-state index < -0.39 is 0 Å². The number of hydrogen-bond acceptors (Lipinski definition) is 0. The summed E-state index contributed by atoms with van der Waals surface area (Å²) in [6, 6.07) is 0. The summed E-state index contributed by atoms with van der Waals surface area (Å²) in [6.07, 6.45) is 11.9. The van der Waals surface area contributed by atoms with Crippen LogP contribution in [0.2, 0.25) is 0 Å². The number of rotatable bonds is 3. The Kier molecular flexibility index (Phi) is 10.1. The molecule has 1 heteroatoms. The van der Waals surface area contributed by atoms with Crippen LogP contribution in [0.15, 0.2) is 12.1 Å². The minimum atomic E-state index is 1.11. The molecule has 0 bridgehead atoms. The van der Waals surface area contributed by atoms with Crippen molar-refractivity contribution in [3.8, 4) is 0 Å². The second-order valence-corrected chi connectivity index (χ2v) is 4.11. The van der Waals surface area contributed by atoms with E-state index in [9.17, 15) is 0 Å². The maximum atomic E-state index is 4.76. The highest BCUT2D eigenvalue weighted by molar-refractivity contribution is 6.25. The highest BCUT2D eigenvalue weighted by atomic mass is 35.5. The maximum Gasteiger partial charge on any atom is -0.00296 e. The van der Waals surface area contributed by atoms with Gasteiger partial charge < -0.3 is 0 Å². The lowest BCUT2D eigenvalue weighted by molar-refractivity contribution is 0.331. The van der Waals surface area contributed by atoms with Crippen LogP contribution >= 0.6 is 11.6 Å². The Balaban J connectivity index is 0.000000424. The lowest BCUT2D eigenvalue weighted by atomic mass is 9.86. The Morgan fingerprint density at radius 1 is 1.31 bits per heavy atom. The molecule has 0 atom stereocenters. The molecule has 0 spiro atoms. The van der Waals surface area contributed by atoms with Crippen LogP contribution in [0.5, 0.6) is 0 Å². The Labute approximate surface area is 88.4 Å². The van der Waals surface area contributed by atoms with Crippen LogP contribution < -0.4 is 0 Å². The smallest absolute Gasteiger partial charge is 0.00296 e. The van der Waals surface area contributed by atoms with Gasteiger partial charge in [0.25, 0.3) is 0 Å². The average molecular weight is 203 g/mol. The quantitative estimate of drug-likeness (QED) is 0.596. The van der Waals surface area contributed by atoms with E-state index in [0.29, 0.717) is 0 Å². The summed E-state index contributed by atoms with van der Waals surface area (Å²) < 4.78 is 0. The lowest BCUT2D eigenvalue weighted by Crippen LogP contribution is -2.05. The molecule has 1 aliphatic rings. The number of halogens is 1. The van der Waals surface area contributed by atoms with E-state index in [1.54, 1.807) is 0 Å². The molecule has 0 nitrogen and oxygen atoms in total. The van der Waals surface area contributed by atoms with E-state index in [0.717, 1.165) is 5.92 Å². The topological polar surface area (TPSA) is 0 Å². The molecule has 1 aliphatic carbocycles.